The molecule has 0 saturated carbocycles. The van der Waals surface area contributed by atoms with Gasteiger partial charge in [-0.3, -0.25) is 0 Å². The molecule has 1 atom stereocenters. The summed E-state index contributed by atoms with van der Waals surface area (Å²) in [4.78, 5) is 19.2. The summed E-state index contributed by atoms with van der Waals surface area (Å²) in [5.74, 6) is 0. The Balaban J connectivity index is 2.12. The highest BCUT2D eigenvalue weighted by Gasteiger charge is 2.18. The van der Waals surface area contributed by atoms with Crippen molar-refractivity contribution < 1.29 is 0 Å². The number of hydrogen-bond acceptors (Lipinski definition) is 2. The molecule has 0 spiro atoms. The second-order valence-electron chi connectivity index (χ2n) is 4.75. The SMILES string of the molecule is Cc1cc(C(Cl)c2cc3[nH]c(=O)[nH]c3cc2Br)sc1C. The van der Waals surface area contributed by atoms with E-state index >= 15 is 0 Å². The maximum absolute atomic E-state index is 11.3. The first-order valence-electron chi connectivity index (χ1n) is 6.08. The number of imidazole rings is 1. The molecule has 0 bridgehead atoms. The van der Waals surface area contributed by atoms with Crippen molar-refractivity contribution in [2.75, 3.05) is 0 Å². The van der Waals surface area contributed by atoms with Gasteiger partial charge in [-0.15, -0.1) is 22.9 Å². The van der Waals surface area contributed by atoms with Gasteiger partial charge in [-0.25, -0.2) is 4.79 Å². The monoisotopic (exact) mass is 370 g/mol. The van der Waals surface area contributed by atoms with Gasteiger partial charge < -0.3 is 9.97 Å². The summed E-state index contributed by atoms with van der Waals surface area (Å²) in [7, 11) is 0. The maximum Gasteiger partial charge on any atom is 0.323 e. The Labute approximate surface area is 133 Å². The molecule has 3 nitrogen and oxygen atoms in total. The number of aryl methyl sites for hydroxylation is 2. The summed E-state index contributed by atoms with van der Waals surface area (Å²) in [6.07, 6.45) is 0. The van der Waals surface area contributed by atoms with Gasteiger partial charge in [-0.05, 0) is 43.2 Å². The number of alkyl halides is 1. The van der Waals surface area contributed by atoms with Crippen LogP contribution in [-0.4, -0.2) is 9.97 Å². The minimum atomic E-state index is -0.232. The molecule has 2 aromatic heterocycles. The van der Waals surface area contributed by atoms with Crippen molar-refractivity contribution in [1.82, 2.24) is 9.97 Å². The number of aromatic amines is 2. The molecule has 3 aromatic rings. The van der Waals surface area contributed by atoms with Crippen LogP contribution in [0, 0.1) is 13.8 Å². The molecule has 104 valence electrons. The van der Waals surface area contributed by atoms with Gasteiger partial charge in [0.15, 0.2) is 0 Å². The quantitative estimate of drug-likeness (QED) is 0.634. The van der Waals surface area contributed by atoms with E-state index in [-0.39, 0.29) is 11.1 Å². The van der Waals surface area contributed by atoms with E-state index in [1.165, 1.54) is 10.4 Å². The molecule has 0 aliphatic carbocycles. The molecule has 2 heterocycles. The molecule has 0 saturated heterocycles. The van der Waals surface area contributed by atoms with Crippen molar-refractivity contribution in [3.05, 3.63) is 54.0 Å². The van der Waals surface area contributed by atoms with E-state index in [1.807, 2.05) is 12.1 Å². The molecule has 0 aliphatic rings. The van der Waals surface area contributed by atoms with Crippen molar-refractivity contribution in [1.29, 1.82) is 0 Å². The summed E-state index contributed by atoms with van der Waals surface area (Å²) in [5.41, 5.74) is 3.54. The van der Waals surface area contributed by atoms with Gasteiger partial charge >= 0.3 is 5.69 Å². The number of benzene rings is 1. The van der Waals surface area contributed by atoms with E-state index in [9.17, 15) is 4.79 Å². The van der Waals surface area contributed by atoms with Crippen molar-refractivity contribution >= 4 is 49.9 Å². The smallest absolute Gasteiger partial charge is 0.306 e. The number of hydrogen-bond donors (Lipinski definition) is 2. The third-order valence-electron chi connectivity index (χ3n) is 3.34. The largest absolute Gasteiger partial charge is 0.323 e. The lowest BCUT2D eigenvalue weighted by atomic mass is 10.1. The number of fused-ring (bicyclic) bond motifs is 1. The van der Waals surface area contributed by atoms with Crippen molar-refractivity contribution in [2.24, 2.45) is 0 Å². The van der Waals surface area contributed by atoms with Crippen LogP contribution in [0.1, 0.15) is 26.3 Å². The molecule has 20 heavy (non-hydrogen) atoms. The molecule has 0 fully saturated rings. The van der Waals surface area contributed by atoms with Crippen LogP contribution >= 0.6 is 38.9 Å². The zero-order valence-corrected chi connectivity index (χ0v) is 14.0. The van der Waals surface area contributed by atoms with E-state index in [2.05, 4.69) is 45.8 Å². The van der Waals surface area contributed by atoms with Crippen LogP contribution < -0.4 is 5.69 Å². The molecule has 1 aromatic carbocycles. The van der Waals surface area contributed by atoms with Gasteiger partial charge in [0.2, 0.25) is 0 Å². The Kier molecular flexibility index (Phi) is 3.52. The fraction of sp³-hybridized carbons (Fsp3) is 0.214. The molecule has 6 heteroatoms. The summed E-state index contributed by atoms with van der Waals surface area (Å²) >= 11 is 11.8. The summed E-state index contributed by atoms with van der Waals surface area (Å²) in [6.45, 7) is 4.18. The first-order valence-corrected chi connectivity index (χ1v) is 8.12. The number of halogens is 2. The third kappa shape index (κ3) is 2.34. The van der Waals surface area contributed by atoms with Gasteiger partial charge in [0.25, 0.3) is 0 Å². The van der Waals surface area contributed by atoms with Crippen LogP contribution in [0.15, 0.2) is 27.5 Å². The van der Waals surface area contributed by atoms with Gasteiger partial charge in [0.1, 0.15) is 0 Å². The van der Waals surface area contributed by atoms with Gasteiger partial charge in [-0.1, -0.05) is 15.9 Å². The minimum Gasteiger partial charge on any atom is -0.306 e. The lowest BCUT2D eigenvalue weighted by Crippen LogP contribution is -1.99. The maximum atomic E-state index is 11.3. The first-order chi connectivity index (χ1) is 9.45. The van der Waals surface area contributed by atoms with Gasteiger partial charge in [-0.2, -0.15) is 0 Å². The second kappa shape index (κ2) is 5.06. The van der Waals surface area contributed by atoms with Crippen LogP contribution in [0.5, 0.6) is 0 Å². The van der Waals surface area contributed by atoms with Gasteiger partial charge in [0.05, 0.1) is 16.4 Å². The van der Waals surface area contributed by atoms with Crippen LogP contribution in [-0.2, 0) is 0 Å². The molecule has 0 aliphatic heterocycles. The van der Waals surface area contributed by atoms with Crippen molar-refractivity contribution in [3.8, 4) is 0 Å². The lowest BCUT2D eigenvalue weighted by Gasteiger charge is -2.10. The number of nitrogens with one attached hydrogen (secondary N) is 2. The highest BCUT2D eigenvalue weighted by Crippen LogP contribution is 2.39. The summed E-state index contributed by atoms with van der Waals surface area (Å²) in [5, 5.41) is -0.232. The molecule has 1 unspecified atom stereocenters. The lowest BCUT2D eigenvalue weighted by molar-refractivity contribution is 1.17. The van der Waals surface area contributed by atoms with E-state index in [1.54, 1.807) is 11.3 Å². The molecular weight excluding hydrogens is 360 g/mol. The van der Waals surface area contributed by atoms with E-state index in [4.69, 9.17) is 11.6 Å². The van der Waals surface area contributed by atoms with Crippen LogP contribution in [0.3, 0.4) is 0 Å². The van der Waals surface area contributed by atoms with Crippen LogP contribution in [0.4, 0.5) is 0 Å². The Hall–Kier alpha value is -1.04. The normalized spacial score (nSPS) is 13.0. The number of H-pyrrole nitrogens is 2. The Morgan fingerprint density at radius 2 is 1.85 bits per heavy atom. The molecule has 2 N–H and O–H groups in total. The summed E-state index contributed by atoms with van der Waals surface area (Å²) in [6, 6.07) is 5.92. The van der Waals surface area contributed by atoms with E-state index < -0.39 is 0 Å². The molecule has 3 rings (SSSR count). The highest BCUT2D eigenvalue weighted by atomic mass is 79.9. The van der Waals surface area contributed by atoms with Gasteiger partial charge in [0, 0.05) is 14.2 Å². The Bertz CT molecular complexity index is 829. The van der Waals surface area contributed by atoms with Crippen LogP contribution in [0.25, 0.3) is 11.0 Å². The summed E-state index contributed by atoms with van der Waals surface area (Å²) < 4.78 is 0.893. The third-order valence-corrected chi connectivity index (χ3v) is 5.84. The minimum absolute atomic E-state index is 0.210. The zero-order chi connectivity index (χ0) is 14.4. The molecule has 0 amide bonds. The van der Waals surface area contributed by atoms with Crippen LogP contribution in [0.2, 0.25) is 0 Å². The number of aromatic nitrogens is 2. The number of rotatable bonds is 2. The van der Waals surface area contributed by atoms with Crippen molar-refractivity contribution in [3.63, 3.8) is 0 Å². The molecular formula is C14H12BrClN2OS. The van der Waals surface area contributed by atoms with Crippen molar-refractivity contribution in [2.45, 2.75) is 19.2 Å². The standard InChI is InChI=1S/C14H12BrClN2OS/c1-6-3-12(20-7(6)2)13(16)8-4-10-11(5-9(8)15)18-14(19)17-10/h3-5,13H,1-2H3,(H2,17,18,19). The first kappa shape index (κ1) is 13.9. The predicted molar refractivity (Wildman–Crippen MR) is 88.1 cm³/mol. The average molecular weight is 372 g/mol. The topological polar surface area (TPSA) is 48.6 Å². The van der Waals surface area contributed by atoms with E-state index in [0.29, 0.717) is 0 Å². The Morgan fingerprint density at radius 3 is 2.45 bits per heavy atom. The fourth-order valence-corrected chi connectivity index (χ4v) is 4.27. The Morgan fingerprint density at radius 1 is 1.20 bits per heavy atom. The number of thiophene rings is 1. The predicted octanol–water partition coefficient (Wildman–Crippen LogP) is 4.63. The molecule has 0 radical (unpaired) electrons. The van der Waals surface area contributed by atoms with E-state index in [0.717, 1.165) is 25.9 Å². The average Bonchev–Trinajstić information content (AvgIpc) is 2.90. The zero-order valence-electron chi connectivity index (χ0n) is 10.9. The fourth-order valence-electron chi connectivity index (χ4n) is 2.15. The second-order valence-corrected chi connectivity index (χ2v) is 7.33. The highest BCUT2D eigenvalue weighted by molar-refractivity contribution is 9.10.